The second kappa shape index (κ2) is 6.15. The molecular formula is C13H13ClN2O3S2. The molecule has 0 bridgehead atoms. The summed E-state index contributed by atoms with van der Waals surface area (Å²) in [6.45, 7) is 0.100. The van der Waals surface area contributed by atoms with Crippen molar-refractivity contribution in [2.24, 2.45) is 5.73 Å². The summed E-state index contributed by atoms with van der Waals surface area (Å²) in [7, 11) is -2.33. The van der Waals surface area contributed by atoms with E-state index in [1.807, 2.05) is 0 Å². The summed E-state index contributed by atoms with van der Waals surface area (Å²) in [5, 5.41) is 0.112. The fraction of sp³-hybridized carbons (Fsp3) is 0.154. The van der Waals surface area contributed by atoms with Crippen LogP contribution < -0.4 is 5.73 Å². The maximum Gasteiger partial charge on any atom is 0.244 e. The molecule has 112 valence electrons. The molecule has 0 saturated carbocycles. The first-order valence-corrected chi connectivity index (χ1v) is 8.13. The fourth-order valence-corrected chi connectivity index (χ4v) is 3.49. The molecule has 0 amide bonds. The van der Waals surface area contributed by atoms with Gasteiger partial charge in [-0.3, -0.25) is 0 Å². The normalized spacial score (nSPS) is 11.8. The Kier molecular flexibility index (Phi) is 4.67. The molecule has 0 aliphatic carbocycles. The standard InChI is InChI=1S/C13H13ClN2O3S2/c1-16(8-10-3-2-6-19-10)21(17,18)12-7-9(13(15)20)4-5-11(12)14/h2-7H,8H2,1H3,(H2,15,20). The molecule has 0 saturated heterocycles. The molecule has 8 heteroatoms. The van der Waals surface area contributed by atoms with E-state index >= 15 is 0 Å². The topological polar surface area (TPSA) is 76.5 Å². The molecule has 5 nitrogen and oxygen atoms in total. The smallest absolute Gasteiger partial charge is 0.244 e. The van der Waals surface area contributed by atoms with Crippen LogP contribution in [-0.4, -0.2) is 24.8 Å². The fourth-order valence-electron chi connectivity index (χ4n) is 1.73. The third kappa shape index (κ3) is 3.44. The molecule has 0 unspecified atom stereocenters. The number of sulfonamides is 1. The van der Waals surface area contributed by atoms with Crippen molar-refractivity contribution in [3.05, 3.63) is 52.9 Å². The third-order valence-corrected chi connectivity index (χ3v) is 5.38. The second-order valence-corrected chi connectivity index (χ2v) is 7.21. The summed E-state index contributed by atoms with van der Waals surface area (Å²) in [6.07, 6.45) is 1.48. The van der Waals surface area contributed by atoms with Gasteiger partial charge < -0.3 is 10.2 Å². The van der Waals surface area contributed by atoms with E-state index in [1.54, 1.807) is 18.2 Å². The van der Waals surface area contributed by atoms with Gasteiger partial charge in [-0.15, -0.1) is 0 Å². The quantitative estimate of drug-likeness (QED) is 0.843. The van der Waals surface area contributed by atoms with Gasteiger partial charge in [0.1, 0.15) is 15.6 Å². The molecule has 2 rings (SSSR count). The highest BCUT2D eigenvalue weighted by molar-refractivity contribution is 7.89. The Labute approximate surface area is 133 Å². The van der Waals surface area contributed by atoms with Crippen LogP contribution in [0.3, 0.4) is 0 Å². The van der Waals surface area contributed by atoms with Gasteiger partial charge in [-0.25, -0.2) is 8.42 Å². The van der Waals surface area contributed by atoms with Gasteiger partial charge in [0.2, 0.25) is 10.0 Å². The van der Waals surface area contributed by atoms with Gasteiger partial charge in [-0.1, -0.05) is 29.9 Å². The number of halogens is 1. The van der Waals surface area contributed by atoms with E-state index < -0.39 is 10.0 Å². The van der Waals surface area contributed by atoms with Gasteiger partial charge >= 0.3 is 0 Å². The monoisotopic (exact) mass is 344 g/mol. The minimum absolute atomic E-state index is 0.0384. The van der Waals surface area contributed by atoms with Crippen molar-refractivity contribution >= 4 is 38.8 Å². The highest BCUT2D eigenvalue weighted by Crippen LogP contribution is 2.26. The first kappa shape index (κ1) is 16.0. The summed E-state index contributed by atoms with van der Waals surface area (Å²) < 4.78 is 31.4. The van der Waals surface area contributed by atoms with Crippen LogP contribution in [0.15, 0.2) is 45.9 Å². The second-order valence-electron chi connectivity index (χ2n) is 4.35. The van der Waals surface area contributed by atoms with Gasteiger partial charge in [0, 0.05) is 12.6 Å². The van der Waals surface area contributed by atoms with Crippen molar-refractivity contribution in [1.82, 2.24) is 4.31 Å². The first-order valence-electron chi connectivity index (χ1n) is 5.90. The Morgan fingerprint density at radius 1 is 1.43 bits per heavy atom. The molecule has 1 aromatic heterocycles. The minimum atomic E-state index is -3.78. The first-order chi connectivity index (χ1) is 9.82. The summed E-state index contributed by atoms with van der Waals surface area (Å²) >= 11 is 10.9. The third-order valence-electron chi connectivity index (χ3n) is 2.86. The lowest BCUT2D eigenvalue weighted by atomic mass is 10.2. The number of furan rings is 1. The average Bonchev–Trinajstić information content (AvgIpc) is 2.91. The van der Waals surface area contributed by atoms with E-state index in [4.69, 9.17) is 34.0 Å². The maximum absolute atomic E-state index is 12.6. The van der Waals surface area contributed by atoms with E-state index in [-0.39, 0.29) is 21.5 Å². The van der Waals surface area contributed by atoms with E-state index in [0.29, 0.717) is 11.3 Å². The number of thiocarbonyl (C=S) groups is 1. The van der Waals surface area contributed by atoms with Crippen LogP contribution in [-0.2, 0) is 16.6 Å². The van der Waals surface area contributed by atoms with Crippen molar-refractivity contribution in [2.75, 3.05) is 7.05 Å². The Balaban J connectivity index is 2.38. The van der Waals surface area contributed by atoms with Crippen LogP contribution in [0.2, 0.25) is 5.02 Å². The molecule has 0 radical (unpaired) electrons. The number of benzene rings is 1. The van der Waals surface area contributed by atoms with E-state index in [0.717, 1.165) is 4.31 Å². The highest BCUT2D eigenvalue weighted by Gasteiger charge is 2.25. The molecule has 21 heavy (non-hydrogen) atoms. The molecular weight excluding hydrogens is 332 g/mol. The summed E-state index contributed by atoms with van der Waals surface area (Å²) in [6, 6.07) is 7.80. The number of rotatable bonds is 5. The van der Waals surface area contributed by atoms with Crippen LogP contribution >= 0.6 is 23.8 Å². The van der Waals surface area contributed by atoms with Crippen LogP contribution in [0, 0.1) is 0 Å². The van der Waals surface area contributed by atoms with Crippen LogP contribution in [0.5, 0.6) is 0 Å². The van der Waals surface area contributed by atoms with Gasteiger partial charge in [-0.2, -0.15) is 4.31 Å². The number of hydrogen-bond acceptors (Lipinski definition) is 4. The van der Waals surface area contributed by atoms with Gasteiger partial charge in [-0.05, 0) is 24.3 Å². The summed E-state index contributed by atoms with van der Waals surface area (Å²) in [4.78, 5) is 0.0697. The molecule has 0 fully saturated rings. The van der Waals surface area contributed by atoms with Crippen molar-refractivity contribution in [3.63, 3.8) is 0 Å². The number of hydrogen-bond donors (Lipinski definition) is 1. The predicted octanol–water partition coefficient (Wildman–Crippen LogP) is 2.39. The van der Waals surface area contributed by atoms with Crippen molar-refractivity contribution in [2.45, 2.75) is 11.4 Å². The molecule has 0 aliphatic heterocycles. The van der Waals surface area contributed by atoms with Crippen LogP contribution in [0.4, 0.5) is 0 Å². The lowest BCUT2D eigenvalue weighted by Gasteiger charge is -2.17. The average molecular weight is 345 g/mol. The lowest BCUT2D eigenvalue weighted by molar-refractivity contribution is 0.406. The van der Waals surface area contributed by atoms with Crippen molar-refractivity contribution in [1.29, 1.82) is 0 Å². The molecule has 1 aromatic carbocycles. The minimum Gasteiger partial charge on any atom is -0.468 e. The van der Waals surface area contributed by atoms with Crippen molar-refractivity contribution < 1.29 is 12.8 Å². The van der Waals surface area contributed by atoms with Crippen LogP contribution in [0.1, 0.15) is 11.3 Å². The SMILES string of the molecule is CN(Cc1ccco1)S(=O)(=O)c1cc(C(N)=S)ccc1Cl. The largest absolute Gasteiger partial charge is 0.468 e. The van der Waals surface area contributed by atoms with Gasteiger partial charge in [0.15, 0.2) is 0 Å². The zero-order valence-electron chi connectivity index (χ0n) is 11.1. The Morgan fingerprint density at radius 3 is 2.71 bits per heavy atom. The van der Waals surface area contributed by atoms with Crippen LogP contribution in [0.25, 0.3) is 0 Å². The lowest BCUT2D eigenvalue weighted by Crippen LogP contribution is -2.27. The molecule has 0 atom stereocenters. The van der Waals surface area contributed by atoms with Gasteiger partial charge in [0.05, 0.1) is 17.8 Å². The van der Waals surface area contributed by atoms with E-state index in [1.165, 1.54) is 25.4 Å². The zero-order valence-corrected chi connectivity index (χ0v) is 13.5. The molecule has 0 spiro atoms. The Morgan fingerprint density at radius 2 is 2.14 bits per heavy atom. The molecule has 0 aliphatic rings. The Hall–Kier alpha value is -1.41. The molecule has 2 aromatic rings. The van der Waals surface area contributed by atoms with Crippen molar-refractivity contribution in [3.8, 4) is 0 Å². The predicted molar refractivity (Wildman–Crippen MR) is 84.7 cm³/mol. The zero-order chi connectivity index (χ0) is 15.6. The van der Waals surface area contributed by atoms with Gasteiger partial charge in [0.25, 0.3) is 0 Å². The maximum atomic E-state index is 12.6. The number of nitrogens with zero attached hydrogens (tertiary/aromatic N) is 1. The Bertz CT molecular complexity index is 758. The number of nitrogens with two attached hydrogens (primary N) is 1. The summed E-state index contributed by atoms with van der Waals surface area (Å²) in [5.41, 5.74) is 5.97. The van der Waals surface area contributed by atoms with E-state index in [2.05, 4.69) is 0 Å². The summed E-state index contributed by atoms with van der Waals surface area (Å²) in [5.74, 6) is 0.530. The molecule has 2 N–H and O–H groups in total. The van der Waals surface area contributed by atoms with E-state index in [9.17, 15) is 8.42 Å². The highest BCUT2D eigenvalue weighted by atomic mass is 35.5. The molecule has 1 heterocycles.